The average molecular weight is 215 g/mol. The van der Waals surface area contributed by atoms with Crippen LogP contribution in [0.3, 0.4) is 0 Å². The van der Waals surface area contributed by atoms with Crippen LogP contribution in [0.4, 0.5) is 0 Å². The summed E-state index contributed by atoms with van der Waals surface area (Å²) < 4.78 is 0. The molecule has 1 aromatic rings. The fraction of sp³-hybridized carbons (Fsp3) is 0.462. The zero-order valence-electron chi connectivity index (χ0n) is 9.61. The van der Waals surface area contributed by atoms with Crippen LogP contribution in [0.15, 0.2) is 18.5 Å². The lowest BCUT2D eigenvalue weighted by Gasteiger charge is -2.35. The van der Waals surface area contributed by atoms with E-state index in [0.29, 0.717) is 6.04 Å². The van der Waals surface area contributed by atoms with Gasteiger partial charge in [0.2, 0.25) is 0 Å². The minimum Gasteiger partial charge on any atom is -0.263 e. The van der Waals surface area contributed by atoms with Gasteiger partial charge in [-0.3, -0.25) is 10.4 Å². The normalized spacial score (nSPS) is 21.6. The molecule has 0 aromatic carbocycles. The van der Waals surface area contributed by atoms with Gasteiger partial charge < -0.3 is 0 Å². The predicted octanol–water partition coefficient (Wildman–Crippen LogP) is 1.72. The third-order valence-electron chi connectivity index (χ3n) is 3.10. The van der Waals surface area contributed by atoms with E-state index in [-0.39, 0.29) is 0 Å². The van der Waals surface area contributed by atoms with Crippen LogP contribution in [0.1, 0.15) is 36.4 Å². The van der Waals surface area contributed by atoms with E-state index in [1.807, 2.05) is 13.2 Å². The Balaban J connectivity index is 2.24. The number of hydrazine groups is 1. The highest BCUT2D eigenvalue weighted by atomic mass is 15.5. The largest absolute Gasteiger partial charge is 0.263 e. The van der Waals surface area contributed by atoms with Crippen molar-refractivity contribution < 1.29 is 0 Å². The molecule has 0 spiro atoms. The molecule has 1 aliphatic rings. The van der Waals surface area contributed by atoms with Gasteiger partial charge >= 0.3 is 0 Å². The molecular formula is C13H17N3. The fourth-order valence-corrected chi connectivity index (χ4v) is 2.26. The van der Waals surface area contributed by atoms with E-state index in [9.17, 15) is 0 Å². The zero-order chi connectivity index (χ0) is 11.4. The minimum atomic E-state index is 0.402. The van der Waals surface area contributed by atoms with Crippen LogP contribution in [-0.4, -0.2) is 23.6 Å². The Kier molecular flexibility index (Phi) is 3.55. The smallest absolute Gasteiger partial charge is 0.0508 e. The monoisotopic (exact) mass is 215 g/mol. The van der Waals surface area contributed by atoms with Crippen LogP contribution in [0.25, 0.3) is 0 Å². The second kappa shape index (κ2) is 5.11. The standard InChI is InChI=1S/C13H17N3/c1-3-11-8-12(10-15-9-11)13-6-4-5-7-16(13)14-2/h1,8-10,13-14H,4-7H2,2H3. The average Bonchev–Trinajstić information content (AvgIpc) is 2.38. The molecule has 1 aliphatic heterocycles. The number of rotatable bonds is 2. The summed E-state index contributed by atoms with van der Waals surface area (Å²) in [4.78, 5) is 4.20. The number of aromatic nitrogens is 1. The summed E-state index contributed by atoms with van der Waals surface area (Å²) in [7, 11) is 1.97. The topological polar surface area (TPSA) is 28.2 Å². The quantitative estimate of drug-likeness (QED) is 0.761. The van der Waals surface area contributed by atoms with Crippen LogP contribution >= 0.6 is 0 Å². The molecule has 0 aliphatic carbocycles. The molecule has 0 saturated carbocycles. The Morgan fingerprint density at radius 2 is 2.38 bits per heavy atom. The molecular weight excluding hydrogens is 198 g/mol. The summed E-state index contributed by atoms with van der Waals surface area (Å²) in [5.41, 5.74) is 5.32. The Hall–Kier alpha value is -1.37. The molecule has 1 N–H and O–H groups in total. The van der Waals surface area contributed by atoms with E-state index in [1.54, 1.807) is 6.20 Å². The van der Waals surface area contributed by atoms with E-state index >= 15 is 0 Å². The van der Waals surface area contributed by atoms with Crippen molar-refractivity contribution in [2.45, 2.75) is 25.3 Å². The van der Waals surface area contributed by atoms with Gasteiger partial charge in [-0.2, -0.15) is 0 Å². The van der Waals surface area contributed by atoms with Crippen LogP contribution in [0.5, 0.6) is 0 Å². The second-order valence-corrected chi connectivity index (χ2v) is 4.08. The van der Waals surface area contributed by atoms with Crippen molar-refractivity contribution >= 4 is 0 Å². The number of nitrogens with zero attached hydrogens (tertiary/aromatic N) is 2. The first kappa shape index (κ1) is 11.1. The summed E-state index contributed by atoms with van der Waals surface area (Å²) >= 11 is 0. The number of hydrogen-bond acceptors (Lipinski definition) is 3. The van der Waals surface area contributed by atoms with Crippen molar-refractivity contribution in [1.82, 2.24) is 15.4 Å². The number of terminal acetylenes is 1. The van der Waals surface area contributed by atoms with E-state index in [1.165, 1.54) is 18.4 Å². The number of piperidine rings is 1. The van der Waals surface area contributed by atoms with Crippen molar-refractivity contribution in [1.29, 1.82) is 0 Å². The van der Waals surface area contributed by atoms with Gasteiger partial charge in [0.1, 0.15) is 0 Å². The lowest BCUT2D eigenvalue weighted by molar-refractivity contribution is 0.0982. The van der Waals surface area contributed by atoms with E-state index in [2.05, 4.69) is 27.4 Å². The third kappa shape index (κ3) is 2.24. The Morgan fingerprint density at radius 3 is 3.12 bits per heavy atom. The Labute approximate surface area is 96.8 Å². The van der Waals surface area contributed by atoms with Crippen molar-refractivity contribution in [3.63, 3.8) is 0 Å². The van der Waals surface area contributed by atoms with Crippen molar-refractivity contribution in [3.8, 4) is 12.3 Å². The molecule has 3 nitrogen and oxygen atoms in total. The number of pyridine rings is 1. The first-order chi connectivity index (χ1) is 7.85. The van der Waals surface area contributed by atoms with Gasteiger partial charge in [0.15, 0.2) is 0 Å². The van der Waals surface area contributed by atoms with Crippen molar-refractivity contribution in [2.75, 3.05) is 13.6 Å². The number of hydrogen-bond donors (Lipinski definition) is 1. The van der Waals surface area contributed by atoms with Crippen LogP contribution in [0, 0.1) is 12.3 Å². The summed E-state index contributed by atoms with van der Waals surface area (Å²) in [6.45, 7) is 1.08. The lowest BCUT2D eigenvalue weighted by Crippen LogP contribution is -2.41. The molecule has 1 fully saturated rings. The van der Waals surface area contributed by atoms with Gasteiger partial charge in [0, 0.05) is 24.5 Å². The lowest BCUT2D eigenvalue weighted by atomic mass is 9.97. The van der Waals surface area contributed by atoms with Crippen molar-refractivity contribution in [3.05, 3.63) is 29.6 Å². The van der Waals surface area contributed by atoms with Gasteiger partial charge in [-0.25, -0.2) is 5.01 Å². The van der Waals surface area contributed by atoms with Crippen molar-refractivity contribution in [2.24, 2.45) is 0 Å². The molecule has 0 amide bonds. The first-order valence-electron chi connectivity index (χ1n) is 5.70. The molecule has 1 aromatic heterocycles. The summed E-state index contributed by atoms with van der Waals surface area (Å²) in [6, 6.07) is 2.47. The molecule has 1 atom stereocenters. The minimum absolute atomic E-state index is 0.402. The van der Waals surface area contributed by atoms with E-state index in [4.69, 9.17) is 6.42 Å². The third-order valence-corrected chi connectivity index (χ3v) is 3.10. The first-order valence-corrected chi connectivity index (χ1v) is 5.70. The zero-order valence-corrected chi connectivity index (χ0v) is 9.61. The maximum atomic E-state index is 5.40. The molecule has 84 valence electrons. The van der Waals surface area contributed by atoms with Crippen LogP contribution in [-0.2, 0) is 0 Å². The molecule has 3 heteroatoms. The maximum absolute atomic E-state index is 5.40. The second-order valence-electron chi connectivity index (χ2n) is 4.08. The molecule has 16 heavy (non-hydrogen) atoms. The predicted molar refractivity (Wildman–Crippen MR) is 64.5 cm³/mol. The van der Waals surface area contributed by atoms with Gasteiger partial charge in [0.05, 0.1) is 6.04 Å². The molecule has 2 heterocycles. The molecule has 0 bridgehead atoms. The van der Waals surface area contributed by atoms with Gasteiger partial charge in [0.25, 0.3) is 0 Å². The van der Waals surface area contributed by atoms with E-state index in [0.717, 1.165) is 18.5 Å². The highest BCUT2D eigenvalue weighted by Crippen LogP contribution is 2.28. The molecule has 0 radical (unpaired) electrons. The fourth-order valence-electron chi connectivity index (χ4n) is 2.26. The van der Waals surface area contributed by atoms with Gasteiger partial charge in [-0.1, -0.05) is 12.3 Å². The maximum Gasteiger partial charge on any atom is 0.0508 e. The highest BCUT2D eigenvalue weighted by Gasteiger charge is 2.23. The van der Waals surface area contributed by atoms with Crippen LogP contribution < -0.4 is 5.43 Å². The Bertz CT molecular complexity index is 394. The van der Waals surface area contributed by atoms with Crippen LogP contribution in [0.2, 0.25) is 0 Å². The highest BCUT2D eigenvalue weighted by molar-refractivity contribution is 5.33. The van der Waals surface area contributed by atoms with E-state index < -0.39 is 0 Å². The summed E-state index contributed by atoms with van der Waals surface area (Å²) in [6.07, 6.45) is 12.7. The Morgan fingerprint density at radius 1 is 1.50 bits per heavy atom. The summed E-state index contributed by atoms with van der Waals surface area (Å²) in [5, 5.41) is 2.26. The van der Waals surface area contributed by atoms with Gasteiger partial charge in [-0.05, 0) is 31.5 Å². The van der Waals surface area contributed by atoms with Gasteiger partial charge in [-0.15, -0.1) is 6.42 Å². The molecule has 1 saturated heterocycles. The summed E-state index contributed by atoms with van der Waals surface area (Å²) in [5.74, 6) is 2.64. The SMILES string of the molecule is C#Cc1cncc(C2CCCCN2NC)c1. The molecule has 1 unspecified atom stereocenters. The molecule has 2 rings (SSSR count). The number of nitrogens with one attached hydrogen (secondary N) is 1.